The summed E-state index contributed by atoms with van der Waals surface area (Å²) in [6, 6.07) is 5.11. The van der Waals surface area contributed by atoms with Gasteiger partial charge in [0.15, 0.2) is 0 Å². The fourth-order valence-corrected chi connectivity index (χ4v) is 4.03. The second-order valence-corrected chi connectivity index (χ2v) is 7.50. The number of nitrogens with zero attached hydrogens (tertiary/aromatic N) is 1. The van der Waals surface area contributed by atoms with Crippen LogP contribution in [0.1, 0.15) is 38.7 Å². The van der Waals surface area contributed by atoms with Gasteiger partial charge in [-0.2, -0.15) is 4.31 Å². The van der Waals surface area contributed by atoms with Crippen molar-refractivity contribution in [3.63, 3.8) is 0 Å². The van der Waals surface area contributed by atoms with Gasteiger partial charge in [-0.25, -0.2) is 8.42 Å². The van der Waals surface area contributed by atoms with Crippen LogP contribution in [0.5, 0.6) is 5.75 Å². The minimum atomic E-state index is -3.35. The molecule has 0 N–H and O–H groups in total. The first-order valence-corrected chi connectivity index (χ1v) is 8.63. The van der Waals surface area contributed by atoms with E-state index in [1.807, 2.05) is 20.8 Å². The van der Waals surface area contributed by atoms with E-state index >= 15 is 0 Å². The summed E-state index contributed by atoms with van der Waals surface area (Å²) in [5.74, 6) is 0.748. The topological polar surface area (TPSA) is 46.6 Å². The van der Waals surface area contributed by atoms with Gasteiger partial charge >= 0.3 is 0 Å². The van der Waals surface area contributed by atoms with Crippen LogP contribution < -0.4 is 4.74 Å². The van der Waals surface area contributed by atoms with Crippen molar-refractivity contribution in [1.82, 2.24) is 4.31 Å². The Hall–Kier alpha value is -1.07. The lowest BCUT2D eigenvalue weighted by atomic mass is 10.2. The highest BCUT2D eigenvalue weighted by Crippen LogP contribution is 2.26. The summed E-state index contributed by atoms with van der Waals surface area (Å²) in [4.78, 5) is 0.369. The molecule has 1 aliphatic rings. The van der Waals surface area contributed by atoms with Gasteiger partial charge in [0.2, 0.25) is 10.0 Å². The highest BCUT2D eigenvalue weighted by atomic mass is 32.2. The third-order valence-electron chi connectivity index (χ3n) is 3.46. The molecular weight excluding hydrogens is 274 g/mol. The van der Waals surface area contributed by atoms with E-state index in [1.54, 1.807) is 22.5 Å². The molecule has 0 aromatic heterocycles. The van der Waals surface area contributed by atoms with Gasteiger partial charge in [-0.15, -0.1) is 0 Å². The SMILES string of the molecule is Cc1cc(S(=O)(=O)N2CCCCC2)ccc1OC(C)C. The number of hydrogen-bond donors (Lipinski definition) is 0. The Morgan fingerprint density at radius 2 is 1.80 bits per heavy atom. The maximum absolute atomic E-state index is 12.6. The molecule has 0 amide bonds. The molecule has 1 aromatic rings. The lowest BCUT2D eigenvalue weighted by Crippen LogP contribution is -2.35. The van der Waals surface area contributed by atoms with Crippen LogP contribution in [0.25, 0.3) is 0 Å². The molecule has 20 heavy (non-hydrogen) atoms. The summed E-state index contributed by atoms with van der Waals surface area (Å²) in [7, 11) is -3.35. The average molecular weight is 297 g/mol. The van der Waals surface area contributed by atoms with Gasteiger partial charge < -0.3 is 4.74 Å². The van der Waals surface area contributed by atoms with Gasteiger partial charge in [0.1, 0.15) is 5.75 Å². The molecule has 0 radical (unpaired) electrons. The van der Waals surface area contributed by atoms with Crippen molar-refractivity contribution in [3.05, 3.63) is 23.8 Å². The van der Waals surface area contributed by atoms with E-state index in [0.717, 1.165) is 30.6 Å². The van der Waals surface area contributed by atoms with E-state index in [0.29, 0.717) is 18.0 Å². The third-order valence-corrected chi connectivity index (χ3v) is 5.36. The number of piperidine rings is 1. The van der Waals surface area contributed by atoms with Gasteiger partial charge in [0.05, 0.1) is 11.0 Å². The second-order valence-electron chi connectivity index (χ2n) is 5.56. The van der Waals surface area contributed by atoms with Crippen LogP contribution in [-0.2, 0) is 10.0 Å². The van der Waals surface area contributed by atoms with Crippen LogP contribution >= 0.6 is 0 Å². The van der Waals surface area contributed by atoms with Crippen LogP contribution in [0.2, 0.25) is 0 Å². The van der Waals surface area contributed by atoms with Crippen molar-refractivity contribution in [2.75, 3.05) is 13.1 Å². The molecule has 1 saturated heterocycles. The van der Waals surface area contributed by atoms with Crippen LogP contribution in [0.3, 0.4) is 0 Å². The van der Waals surface area contributed by atoms with Gasteiger partial charge in [0.25, 0.3) is 0 Å². The van der Waals surface area contributed by atoms with Crippen molar-refractivity contribution in [2.45, 2.75) is 51.0 Å². The van der Waals surface area contributed by atoms with Crippen molar-refractivity contribution in [2.24, 2.45) is 0 Å². The molecule has 0 bridgehead atoms. The molecule has 112 valence electrons. The first-order valence-electron chi connectivity index (χ1n) is 7.19. The smallest absolute Gasteiger partial charge is 0.243 e. The monoisotopic (exact) mass is 297 g/mol. The van der Waals surface area contributed by atoms with Gasteiger partial charge in [0, 0.05) is 13.1 Å². The summed E-state index contributed by atoms with van der Waals surface area (Å²) >= 11 is 0. The molecule has 0 unspecified atom stereocenters. The van der Waals surface area contributed by atoms with Crippen LogP contribution in [0.4, 0.5) is 0 Å². The molecule has 0 saturated carbocycles. The zero-order valence-electron chi connectivity index (χ0n) is 12.4. The molecule has 1 fully saturated rings. The highest BCUT2D eigenvalue weighted by molar-refractivity contribution is 7.89. The summed E-state index contributed by atoms with van der Waals surface area (Å²) in [5, 5.41) is 0. The quantitative estimate of drug-likeness (QED) is 0.858. The summed E-state index contributed by atoms with van der Waals surface area (Å²) in [5.41, 5.74) is 0.858. The van der Waals surface area contributed by atoms with Gasteiger partial charge in [-0.1, -0.05) is 6.42 Å². The molecule has 4 nitrogen and oxygen atoms in total. The van der Waals surface area contributed by atoms with E-state index in [2.05, 4.69) is 0 Å². The lowest BCUT2D eigenvalue weighted by molar-refractivity contribution is 0.240. The summed E-state index contributed by atoms with van der Waals surface area (Å²) < 4.78 is 32.4. The predicted molar refractivity (Wildman–Crippen MR) is 79.6 cm³/mol. The van der Waals surface area contributed by atoms with Crippen LogP contribution in [0, 0.1) is 6.92 Å². The molecule has 1 aromatic carbocycles. The molecular formula is C15H23NO3S. The molecule has 0 aliphatic carbocycles. The standard InChI is InChI=1S/C15H23NO3S/c1-12(2)19-15-8-7-14(11-13(15)3)20(17,18)16-9-5-4-6-10-16/h7-8,11-12H,4-6,9-10H2,1-3H3. The minimum Gasteiger partial charge on any atom is -0.491 e. The zero-order chi connectivity index (χ0) is 14.8. The first kappa shape index (κ1) is 15.3. The Morgan fingerprint density at radius 1 is 1.15 bits per heavy atom. The first-order chi connectivity index (χ1) is 9.41. The largest absolute Gasteiger partial charge is 0.491 e. The Balaban J connectivity index is 2.26. The van der Waals surface area contributed by atoms with E-state index in [9.17, 15) is 8.42 Å². The normalized spacial score (nSPS) is 17.4. The predicted octanol–water partition coefficient (Wildman–Crippen LogP) is 2.96. The zero-order valence-corrected chi connectivity index (χ0v) is 13.2. The highest BCUT2D eigenvalue weighted by Gasteiger charge is 2.26. The van der Waals surface area contributed by atoms with E-state index in [1.165, 1.54) is 0 Å². The second kappa shape index (κ2) is 6.14. The van der Waals surface area contributed by atoms with Crippen LogP contribution in [0.15, 0.2) is 23.1 Å². The number of ether oxygens (including phenoxy) is 1. The van der Waals surface area contributed by atoms with Gasteiger partial charge in [-0.05, 0) is 57.4 Å². The Bertz CT molecular complexity index is 560. The Labute approximate surface area is 121 Å². The van der Waals surface area contributed by atoms with Crippen molar-refractivity contribution >= 4 is 10.0 Å². The van der Waals surface area contributed by atoms with Crippen LogP contribution in [-0.4, -0.2) is 31.9 Å². The number of aryl methyl sites for hydroxylation is 1. The fourth-order valence-electron chi connectivity index (χ4n) is 2.42. The third kappa shape index (κ3) is 3.33. The molecule has 0 spiro atoms. The van der Waals surface area contributed by atoms with Crippen molar-refractivity contribution < 1.29 is 13.2 Å². The number of hydrogen-bond acceptors (Lipinski definition) is 3. The number of rotatable bonds is 4. The molecule has 0 atom stereocenters. The number of sulfonamides is 1. The summed E-state index contributed by atoms with van der Waals surface area (Å²) in [6.45, 7) is 7.06. The maximum atomic E-state index is 12.6. The molecule has 5 heteroatoms. The van der Waals surface area contributed by atoms with E-state index in [4.69, 9.17) is 4.74 Å². The minimum absolute atomic E-state index is 0.0817. The van der Waals surface area contributed by atoms with E-state index in [-0.39, 0.29) is 6.10 Å². The lowest BCUT2D eigenvalue weighted by Gasteiger charge is -2.26. The molecule has 2 rings (SSSR count). The Morgan fingerprint density at radius 3 is 2.35 bits per heavy atom. The fraction of sp³-hybridized carbons (Fsp3) is 0.600. The van der Waals surface area contributed by atoms with Gasteiger partial charge in [-0.3, -0.25) is 0 Å². The maximum Gasteiger partial charge on any atom is 0.243 e. The molecule has 1 aliphatic heterocycles. The average Bonchev–Trinajstić information content (AvgIpc) is 2.41. The van der Waals surface area contributed by atoms with Crippen molar-refractivity contribution in [3.8, 4) is 5.75 Å². The van der Waals surface area contributed by atoms with E-state index < -0.39 is 10.0 Å². The Kier molecular flexibility index (Phi) is 4.70. The number of benzene rings is 1. The summed E-state index contributed by atoms with van der Waals surface area (Å²) in [6.07, 6.45) is 3.10. The van der Waals surface area contributed by atoms with Crippen molar-refractivity contribution in [1.29, 1.82) is 0 Å². The molecule has 1 heterocycles.